The Morgan fingerprint density at radius 3 is 2.65 bits per heavy atom. The van der Waals surface area contributed by atoms with Gasteiger partial charge in [0.05, 0.1) is 10.2 Å². The quantitative estimate of drug-likeness (QED) is 0.482. The topological polar surface area (TPSA) is 92.5 Å². The van der Waals surface area contributed by atoms with Crippen molar-refractivity contribution in [3.8, 4) is 5.75 Å². The molecule has 2 N–H and O–H groups in total. The third-order valence-corrected chi connectivity index (χ3v) is 4.26. The maximum absolute atomic E-state index is 12.1. The van der Waals surface area contributed by atoms with E-state index in [4.69, 9.17) is 0 Å². The van der Waals surface area contributed by atoms with Crippen LogP contribution in [0.15, 0.2) is 53.4 Å². The van der Waals surface area contributed by atoms with Crippen LogP contribution in [0.2, 0.25) is 0 Å². The van der Waals surface area contributed by atoms with Gasteiger partial charge in [0.2, 0.25) is 5.91 Å². The van der Waals surface area contributed by atoms with Crippen LogP contribution in [-0.2, 0) is 11.3 Å². The summed E-state index contributed by atoms with van der Waals surface area (Å²) in [5, 5.41) is 22.8. The number of phenols is 1. The van der Waals surface area contributed by atoms with Crippen LogP contribution in [0.4, 0.5) is 5.69 Å². The SMILES string of the molecule is CC(Sc1ccccc1)C(=O)NCc1cc([N+](=O)[O-])ccc1O. The van der Waals surface area contributed by atoms with E-state index < -0.39 is 4.92 Å². The van der Waals surface area contributed by atoms with E-state index in [2.05, 4.69) is 5.32 Å². The molecule has 2 aromatic rings. The van der Waals surface area contributed by atoms with Crippen molar-refractivity contribution in [3.05, 3.63) is 64.2 Å². The van der Waals surface area contributed by atoms with E-state index in [1.165, 1.54) is 30.0 Å². The normalized spacial score (nSPS) is 11.7. The first-order valence-electron chi connectivity index (χ1n) is 6.93. The minimum atomic E-state index is -0.543. The predicted octanol–water partition coefficient (Wildman–Crippen LogP) is 3.10. The van der Waals surface area contributed by atoms with Crippen LogP contribution in [0, 0.1) is 10.1 Å². The number of hydrogen-bond donors (Lipinski definition) is 2. The molecule has 2 rings (SSSR count). The first-order valence-corrected chi connectivity index (χ1v) is 7.81. The van der Waals surface area contributed by atoms with Crippen molar-refractivity contribution in [2.24, 2.45) is 0 Å². The van der Waals surface area contributed by atoms with Crippen molar-refractivity contribution in [2.75, 3.05) is 0 Å². The fraction of sp³-hybridized carbons (Fsp3) is 0.188. The van der Waals surface area contributed by atoms with Crippen LogP contribution in [0.1, 0.15) is 12.5 Å². The highest BCUT2D eigenvalue weighted by molar-refractivity contribution is 8.00. The second-order valence-electron chi connectivity index (χ2n) is 4.86. The number of non-ortho nitro benzene ring substituents is 1. The summed E-state index contributed by atoms with van der Waals surface area (Å²) < 4.78 is 0. The minimum absolute atomic E-state index is 0.0338. The minimum Gasteiger partial charge on any atom is -0.508 e. The fourth-order valence-electron chi connectivity index (χ4n) is 1.91. The molecule has 0 aromatic heterocycles. The number of rotatable bonds is 6. The fourth-order valence-corrected chi connectivity index (χ4v) is 2.82. The molecule has 7 heteroatoms. The molecule has 0 aliphatic heterocycles. The molecule has 1 amide bonds. The highest BCUT2D eigenvalue weighted by Gasteiger charge is 2.16. The van der Waals surface area contributed by atoms with Gasteiger partial charge in [0.25, 0.3) is 5.69 Å². The Morgan fingerprint density at radius 1 is 1.30 bits per heavy atom. The number of benzene rings is 2. The van der Waals surface area contributed by atoms with Crippen LogP contribution < -0.4 is 5.32 Å². The molecule has 120 valence electrons. The van der Waals surface area contributed by atoms with Gasteiger partial charge < -0.3 is 10.4 Å². The van der Waals surface area contributed by atoms with Gasteiger partial charge in [0.15, 0.2) is 0 Å². The van der Waals surface area contributed by atoms with Gasteiger partial charge in [-0.25, -0.2) is 0 Å². The van der Waals surface area contributed by atoms with Gasteiger partial charge in [-0.05, 0) is 25.1 Å². The molecule has 2 aromatic carbocycles. The van der Waals surface area contributed by atoms with Crippen LogP contribution >= 0.6 is 11.8 Å². The van der Waals surface area contributed by atoms with Gasteiger partial charge in [-0.15, -0.1) is 11.8 Å². The number of nitro groups is 1. The smallest absolute Gasteiger partial charge is 0.270 e. The number of amides is 1. The van der Waals surface area contributed by atoms with E-state index in [0.29, 0.717) is 5.56 Å². The molecule has 0 spiro atoms. The number of thioether (sulfide) groups is 1. The van der Waals surface area contributed by atoms with E-state index in [0.717, 1.165) is 4.90 Å². The first-order chi connectivity index (χ1) is 11.0. The second kappa shape index (κ2) is 7.64. The number of carbonyl (C=O) groups excluding carboxylic acids is 1. The van der Waals surface area contributed by atoms with E-state index in [9.17, 15) is 20.0 Å². The van der Waals surface area contributed by atoms with Crippen LogP contribution in [0.5, 0.6) is 5.75 Å². The van der Waals surface area contributed by atoms with Gasteiger partial charge in [0.1, 0.15) is 5.75 Å². The van der Waals surface area contributed by atoms with Crippen molar-refractivity contribution in [2.45, 2.75) is 23.6 Å². The molecule has 1 unspecified atom stereocenters. The van der Waals surface area contributed by atoms with Gasteiger partial charge >= 0.3 is 0 Å². The lowest BCUT2D eigenvalue weighted by Crippen LogP contribution is -2.30. The summed E-state index contributed by atoms with van der Waals surface area (Å²) in [5.41, 5.74) is 0.184. The first kappa shape index (κ1) is 16.8. The Bertz CT molecular complexity index is 706. The molecule has 0 fully saturated rings. The maximum atomic E-state index is 12.1. The molecule has 0 saturated carbocycles. The Hall–Kier alpha value is -2.54. The summed E-state index contributed by atoms with van der Waals surface area (Å²) >= 11 is 1.42. The van der Waals surface area contributed by atoms with E-state index in [-0.39, 0.29) is 29.1 Å². The maximum Gasteiger partial charge on any atom is 0.270 e. The number of nitrogens with one attached hydrogen (secondary N) is 1. The molecule has 0 radical (unpaired) electrons. The number of aromatic hydroxyl groups is 1. The lowest BCUT2D eigenvalue weighted by Gasteiger charge is -2.12. The Kier molecular flexibility index (Phi) is 5.59. The monoisotopic (exact) mass is 332 g/mol. The summed E-state index contributed by atoms with van der Waals surface area (Å²) in [6, 6.07) is 13.3. The van der Waals surface area contributed by atoms with Crippen LogP contribution in [-0.4, -0.2) is 21.2 Å². The summed E-state index contributed by atoms with van der Waals surface area (Å²) in [5.74, 6) is -0.288. The van der Waals surface area contributed by atoms with Crippen molar-refractivity contribution >= 4 is 23.4 Å². The summed E-state index contributed by atoms with van der Waals surface area (Å²) in [6.07, 6.45) is 0. The zero-order valence-corrected chi connectivity index (χ0v) is 13.2. The summed E-state index contributed by atoms with van der Waals surface area (Å²) in [6.45, 7) is 1.81. The number of carbonyl (C=O) groups is 1. The molecule has 0 aliphatic rings. The number of phenolic OH excluding ortho intramolecular Hbond substituents is 1. The lowest BCUT2D eigenvalue weighted by atomic mass is 10.1. The predicted molar refractivity (Wildman–Crippen MR) is 88.4 cm³/mol. The molecular formula is C16H16N2O4S. The number of hydrogen-bond acceptors (Lipinski definition) is 5. The molecule has 0 bridgehead atoms. The molecule has 0 aliphatic carbocycles. The molecule has 1 atom stereocenters. The molecule has 23 heavy (non-hydrogen) atoms. The van der Waals surface area contributed by atoms with Gasteiger partial charge in [-0.1, -0.05) is 18.2 Å². The molecule has 0 heterocycles. The van der Waals surface area contributed by atoms with E-state index in [1.807, 2.05) is 30.3 Å². The van der Waals surface area contributed by atoms with E-state index in [1.54, 1.807) is 6.92 Å². The van der Waals surface area contributed by atoms with Crippen molar-refractivity contribution in [3.63, 3.8) is 0 Å². The molecule has 6 nitrogen and oxygen atoms in total. The van der Waals surface area contributed by atoms with Crippen molar-refractivity contribution < 1.29 is 14.8 Å². The standard InChI is InChI=1S/C16H16N2O4S/c1-11(23-14-5-3-2-4-6-14)16(20)17-10-12-9-13(18(21)22)7-8-15(12)19/h2-9,11,19H,10H2,1H3,(H,17,20). The third kappa shape index (κ3) is 4.72. The zero-order valence-electron chi connectivity index (χ0n) is 12.4. The average Bonchev–Trinajstić information content (AvgIpc) is 2.54. The lowest BCUT2D eigenvalue weighted by molar-refractivity contribution is -0.384. The molecular weight excluding hydrogens is 316 g/mol. The second-order valence-corrected chi connectivity index (χ2v) is 6.28. The largest absolute Gasteiger partial charge is 0.508 e. The van der Waals surface area contributed by atoms with Crippen LogP contribution in [0.25, 0.3) is 0 Å². The molecule has 0 saturated heterocycles. The third-order valence-electron chi connectivity index (χ3n) is 3.15. The highest BCUT2D eigenvalue weighted by Crippen LogP contribution is 2.24. The Morgan fingerprint density at radius 2 is 2.00 bits per heavy atom. The number of nitro benzene ring substituents is 1. The van der Waals surface area contributed by atoms with Crippen molar-refractivity contribution in [1.82, 2.24) is 5.32 Å². The van der Waals surface area contributed by atoms with Gasteiger partial charge in [-0.2, -0.15) is 0 Å². The summed E-state index contributed by atoms with van der Waals surface area (Å²) in [4.78, 5) is 23.3. The van der Waals surface area contributed by atoms with E-state index >= 15 is 0 Å². The number of nitrogens with zero attached hydrogens (tertiary/aromatic N) is 1. The van der Waals surface area contributed by atoms with Crippen LogP contribution in [0.3, 0.4) is 0 Å². The van der Waals surface area contributed by atoms with Gasteiger partial charge in [0, 0.05) is 29.1 Å². The Labute approximate surface area is 137 Å². The summed E-state index contributed by atoms with van der Waals surface area (Å²) in [7, 11) is 0. The van der Waals surface area contributed by atoms with Crippen molar-refractivity contribution in [1.29, 1.82) is 0 Å². The Balaban J connectivity index is 1.96. The zero-order chi connectivity index (χ0) is 16.8. The average molecular weight is 332 g/mol. The van der Waals surface area contributed by atoms with Gasteiger partial charge in [-0.3, -0.25) is 14.9 Å². The highest BCUT2D eigenvalue weighted by atomic mass is 32.2.